The van der Waals surface area contributed by atoms with Crippen LogP contribution in [0.3, 0.4) is 0 Å². The molecule has 1 aromatic heterocycles. The molecule has 2 aromatic rings. The second kappa shape index (κ2) is 5.63. The van der Waals surface area contributed by atoms with Gasteiger partial charge in [0.1, 0.15) is 0 Å². The molecule has 1 fully saturated rings. The first-order valence-electron chi connectivity index (χ1n) is 7.12. The van der Waals surface area contributed by atoms with E-state index in [-0.39, 0.29) is 5.91 Å². The van der Waals surface area contributed by atoms with E-state index in [0.717, 1.165) is 43.5 Å². The second-order valence-corrected chi connectivity index (χ2v) is 5.59. The molecule has 0 unspecified atom stereocenters. The lowest BCUT2D eigenvalue weighted by Crippen LogP contribution is -2.36. The maximum atomic E-state index is 12.2. The number of aromatic amines is 1. The van der Waals surface area contributed by atoms with Crippen molar-refractivity contribution in [3.8, 4) is 0 Å². The lowest BCUT2D eigenvalue weighted by molar-refractivity contribution is 0.0939. The van der Waals surface area contributed by atoms with Crippen molar-refractivity contribution >= 4 is 16.9 Å². The van der Waals surface area contributed by atoms with Gasteiger partial charge in [-0.05, 0) is 57.1 Å². The Balaban J connectivity index is 1.58. The average molecular weight is 272 g/mol. The Labute approximate surface area is 118 Å². The average Bonchev–Trinajstić information content (AvgIpc) is 2.93. The molecule has 0 bridgehead atoms. The van der Waals surface area contributed by atoms with Crippen LogP contribution in [0.4, 0.5) is 0 Å². The number of likely N-dealkylation sites (tertiary alicyclic amines) is 1. The zero-order valence-electron chi connectivity index (χ0n) is 11.7. The molecule has 1 aliphatic rings. The smallest absolute Gasteiger partial charge is 0.251 e. The highest BCUT2D eigenvalue weighted by molar-refractivity contribution is 5.97. The summed E-state index contributed by atoms with van der Waals surface area (Å²) in [5.74, 6) is 0.603. The zero-order chi connectivity index (χ0) is 13.9. The van der Waals surface area contributed by atoms with Crippen LogP contribution in [0.2, 0.25) is 0 Å². The van der Waals surface area contributed by atoms with E-state index in [9.17, 15) is 4.79 Å². The molecule has 0 spiro atoms. The number of hydrogen-bond donors (Lipinski definition) is 2. The van der Waals surface area contributed by atoms with Gasteiger partial charge in [0.2, 0.25) is 0 Å². The van der Waals surface area contributed by atoms with Gasteiger partial charge in [-0.15, -0.1) is 0 Å². The van der Waals surface area contributed by atoms with E-state index in [1.54, 1.807) is 6.33 Å². The van der Waals surface area contributed by atoms with Crippen molar-refractivity contribution in [2.24, 2.45) is 5.92 Å². The van der Waals surface area contributed by atoms with Crippen molar-refractivity contribution in [1.82, 2.24) is 20.2 Å². The van der Waals surface area contributed by atoms with Gasteiger partial charge in [-0.25, -0.2) is 4.98 Å². The topological polar surface area (TPSA) is 61.0 Å². The molecule has 5 nitrogen and oxygen atoms in total. The third kappa shape index (κ3) is 2.82. The van der Waals surface area contributed by atoms with Crippen LogP contribution in [0.5, 0.6) is 0 Å². The van der Waals surface area contributed by atoms with Gasteiger partial charge in [-0.2, -0.15) is 0 Å². The number of amides is 1. The van der Waals surface area contributed by atoms with E-state index >= 15 is 0 Å². The van der Waals surface area contributed by atoms with Crippen LogP contribution in [-0.4, -0.2) is 47.5 Å². The lowest BCUT2D eigenvalue weighted by Gasteiger charge is -2.28. The molecule has 106 valence electrons. The van der Waals surface area contributed by atoms with Crippen LogP contribution < -0.4 is 5.32 Å². The molecule has 0 radical (unpaired) electrons. The summed E-state index contributed by atoms with van der Waals surface area (Å²) in [5, 5.41) is 3.05. The molecule has 1 aromatic carbocycles. The number of rotatable bonds is 3. The number of carbonyl (C=O) groups excluding carboxylic acids is 1. The van der Waals surface area contributed by atoms with Crippen molar-refractivity contribution in [3.05, 3.63) is 30.1 Å². The Kier molecular flexibility index (Phi) is 3.69. The standard InChI is InChI=1S/C15H20N4O/c1-19-6-4-11(5-7-19)9-16-15(20)12-2-3-13-14(8-12)18-10-17-13/h2-3,8,10-11H,4-7,9H2,1H3,(H,16,20)(H,17,18). The van der Waals surface area contributed by atoms with Crippen molar-refractivity contribution in [2.45, 2.75) is 12.8 Å². The highest BCUT2D eigenvalue weighted by Crippen LogP contribution is 2.15. The summed E-state index contributed by atoms with van der Waals surface area (Å²) in [6.45, 7) is 3.02. The number of H-pyrrole nitrogens is 1. The fourth-order valence-corrected chi connectivity index (χ4v) is 2.68. The lowest BCUT2D eigenvalue weighted by atomic mass is 9.97. The molecule has 0 aliphatic carbocycles. The van der Waals surface area contributed by atoms with Crippen LogP contribution in [-0.2, 0) is 0 Å². The van der Waals surface area contributed by atoms with Gasteiger partial charge in [0.05, 0.1) is 17.4 Å². The van der Waals surface area contributed by atoms with E-state index < -0.39 is 0 Å². The van der Waals surface area contributed by atoms with Crippen LogP contribution in [0, 0.1) is 5.92 Å². The van der Waals surface area contributed by atoms with Gasteiger partial charge in [0, 0.05) is 12.1 Å². The molecule has 2 N–H and O–H groups in total. The van der Waals surface area contributed by atoms with Crippen LogP contribution in [0.1, 0.15) is 23.2 Å². The molecule has 0 atom stereocenters. The Bertz CT molecular complexity index is 599. The summed E-state index contributed by atoms with van der Waals surface area (Å²) in [4.78, 5) is 21.7. The van der Waals surface area contributed by atoms with E-state index in [1.165, 1.54) is 0 Å². The third-order valence-electron chi connectivity index (χ3n) is 4.07. The summed E-state index contributed by atoms with van der Waals surface area (Å²) < 4.78 is 0. The van der Waals surface area contributed by atoms with Gasteiger partial charge >= 0.3 is 0 Å². The number of benzene rings is 1. The van der Waals surface area contributed by atoms with Crippen molar-refractivity contribution < 1.29 is 4.79 Å². The fourth-order valence-electron chi connectivity index (χ4n) is 2.68. The highest BCUT2D eigenvalue weighted by atomic mass is 16.1. The molecular formula is C15H20N4O. The van der Waals surface area contributed by atoms with E-state index in [1.807, 2.05) is 18.2 Å². The van der Waals surface area contributed by atoms with Crippen molar-refractivity contribution in [1.29, 1.82) is 0 Å². The van der Waals surface area contributed by atoms with E-state index in [2.05, 4.69) is 27.2 Å². The molecule has 1 aliphatic heterocycles. The first kappa shape index (κ1) is 13.1. The zero-order valence-corrected chi connectivity index (χ0v) is 11.7. The summed E-state index contributed by atoms with van der Waals surface area (Å²) in [6, 6.07) is 5.55. The number of nitrogens with zero attached hydrogens (tertiary/aromatic N) is 2. The molecule has 20 heavy (non-hydrogen) atoms. The SMILES string of the molecule is CN1CCC(CNC(=O)c2ccc3nc[nH]c3c2)CC1. The minimum atomic E-state index is 0.000396. The number of hydrogen-bond acceptors (Lipinski definition) is 3. The van der Waals surface area contributed by atoms with Crippen molar-refractivity contribution in [3.63, 3.8) is 0 Å². The Morgan fingerprint density at radius 2 is 2.25 bits per heavy atom. The quantitative estimate of drug-likeness (QED) is 0.893. The summed E-state index contributed by atoms with van der Waals surface area (Å²) in [7, 11) is 2.15. The predicted molar refractivity (Wildman–Crippen MR) is 78.6 cm³/mol. The van der Waals surface area contributed by atoms with Gasteiger partial charge in [0.15, 0.2) is 0 Å². The molecule has 5 heteroatoms. The number of piperidine rings is 1. The van der Waals surface area contributed by atoms with Gasteiger partial charge in [0.25, 0.3) is 5.91 Å². The van der Waals surface area contributed by atoms with E-state index in [0.29, 0.717) is 11.5 Å². The monoisotopic (exact) mass is 272 g/mol. The number of imidazole rings is 1. The number of aromatic nitrogens is 2. The van der Waals surface area contributed by atoms with Crippen LogP contribution in [0.25, 0.3) is 11.0 Å². The minimum absolute atomic E-state index is 0.000396. The Morgan fingerprint density at radius 1 is 1.45 bits per heavy atom. The molecule has 1 saturated heterocycles. The molecule has 3 rings (SSSR count). The molecule has 1 amide bonds. The summed E-state index contributed by atoms with van der Waals surface area (Å²) >= 11 is 0. The normalized spacial score (nSPS) is 17.4. The van der Waals surface area contributed by atoms with Gasteiger partial charge in [-0.3, -0.25) is 4.79 Å². The first-order valence-corrected chi connectivity index (χ1v) is 7.12. The molecular weight excluding hydrogens is 252 g/mol. The first-order chi connectivity index (χ1) is 9.72. The maximum Gasteiger partial charge on any atom is 0.251 e. The Hall–Kier alpha value is -1.88. The summed E-state index contributed by atoms with van der Waals surface area (Å²) in [6.07, 6.45) is 3.97. The number of nitrogens with one attached hydrogen (secondary N) is 2. The van der Waals surface area contributed by atoms with Crippen LogP contribution in [0.15, 0.2) is 24.5 Å². The maximum absolute atomic E-state index is 12.2. The van der Waals surface area contributed by atoms with Gasteiger partial charge < -0.3 is 15.2 Å². The van der Waals surface area contributed by atoms with Gasteiger partial charge in [-0.1, -0.05) is 0 Å². The largest absolute Gasteiger partial charge is 0.352 e. The summed E-state index contributed by atoms with van der Waals surface area (Å²) in [5.41, 5.74) is 2.48. The molecule has 2 heterocycles. The minimum Gasteiger partial charge on any atom is -0.352 e. The number of fused-ring (bicyclic) bond motifs is 1. The predicted octanol–water partition coefficient (Wildman–Crippen LogP) is 1.63. The fraction of sp³-hybridized carbons (Fsp3) is 0.467. The van der Waals surface area contributed by atoms with E-state index in [4.69, 9.17) is 0 Å². The van der Waals surface area contributed by atoms with Crippen molar-refractivity contribution in [2.75, 3.05) is 26.7 Å². The highest BCUT2D eigenvalue weighted by Gasteiger charge is 2.17. The Morgan fingerprint density at radius 3 is 3.05 bits per heavy atom. The third-order valence-corrected chi connectivity index (χ3v) is 4.07. The van der Waals surface area contributed by atoms with Crippen LogP contribution >= 0.6 is 0 Å². The molecule has 0 saturated carbocycles. The number of carbonyl (C=O) groups is 1. The second-order valence-electron chi connectivity index (χ2n) is 5.59.